The summed E-state index contributed by atoms with van der Waals surface area (Å²) < 4.78 is 0.940. The third-order valence-electron chi connectivity index (χ3n) is 2.38. The van der Waals surface area contributed by atoms with E-state index in [1.54, 1.807) is 19.1 Å². The van der Waals surface area contributed by atoms with Crippen LogP contribution in [0.15, 0.2) is 28.7 Å². The molecule has 0 aliphatic rings. The van der Waals surface area contributed by atoms with Crippen LogP contribution in [0.3, 0.4) is 0 Å². The molecule has 0 fully saturated rings. The fourth-order valence-corrected chi connectivity index (χ4v) is 1.70. The van der Waals surface area contributed by atoms with Crippen molar-refractivity contribution in [3.05, 3.63) is 34.3 Å². The van der Waals surface area contributed by atoms with E-state index < -0.39 is 11.5 Å². The summed E-state index contributed by atoms with van der Waals surface area (Å²) in [5.74, 6) is -0.869. The van der Waals surface area contributed by atoms with Crippen molar-refractivity contribution < 1.29 is 9.90 Å². The van der Waals surface area contributed by atoms with Gasteiger partial charge in [0.05, 0.1) is 0 Å². The molecule has 0 amide bonds. The third kappa shape index (κ3) is 2.58. The zero-order valence-electron chi connectivity index (χ0n) is 8.75. The second-order valence-electron chi connectivity index (χ2n) is 3.47. The van der Waals surface area contributed by atoms with E-state index in [9.17, 15) is 9.90 Å². The largest absolute Gasteiger partial charge is 0.480 e. The maximum atomic E-state index is 11.2. The van der Waals surface area contributed by atoms with Crippen molar-refractivity contribution in [3.8, 4) is 0 Å². The van der Waals surface area contributed by atoms with Gasteiger partial charge in [-0.15, -0.1) is 0 Å². The second-order valence-corrected chi connectivity index (χ2v) is 4.38. The van der Waals surface area contributed by atoms with Gasteiger partial charge in [0.25, 0.3) is 0 Å². The van der Waals surface area contributed by atoms with E-state index >= 15 is 0 Å². The Hall–Kier alpha value is -0.870. The van der Waals surface area contributed by atoms with Gasteiger partial charge >= 0.3 is 5.97 Å². The lowest BCUT2D eigenvalue weighted by molar-refractivity contribution is -0.144. The number of aliphatic carboxylic acids is 1. The highest BCUT2D eigenvalue weighted by Gasteiger charge is 2.33. The Morgan fingerprint density at radius 3 is 2.40 bits per heavy atom. The van der Waals surface area contributed by atoms with Gasteiger partial charge in [-0.25, -0.2) is 4.79 Å². The van der Waals surface area contributed by atoms with Crippen LogP contribution in [0.25, 0.3) is 0 Å². The Bertz CT molecular complexity index is 350. The fourth-order valence-electron chi connectivity index (χ4n) is 1.44. The molecule has 15 heavy (non-hydrogen) atoms. The lowest BCUT2D eigenvalue weighted by Gasteiger charge is -2.26. The molecule has 0 spiro atoms. The number of carbonyl (C=O) groups is 1. The average Bonchev–Trinajstić information content (AvgIpc) is 2.18. The summed E-state index contributed by atoms with van der Waals surface area (Å²) in [7, 11) is 0. The highest BCUT2D eigenvalue weighted by molar-refractivity contribution is 9.10. The molecule has 0 saturated carbocycles. The summed E-state index contributed by atoms with van der Waals surface area (Å²) in [5, 5.41) is 12.2. The van der Waals surface area contributed by atoms with Crippen molar-refractivity contribution in [2.24, 2.45) is 0 Å². The van der Waals surface area contributed by atoms with E-state index in [0.717, 1.165) is 10.0 Å². The van der Waals surface area contributed by atoms with Gasteiger partial charge in [0, 0.05) is 4.47 Å². The van der Waals surface area contributed by atoms with Crippen LogP contribution in [0.2, 0.25) is 0 Å². The van der Waals surface area contributed by atoms with Crippen LogP contribution in [-0.4, -0.2) is 17.6 Å². The van der Waals surface area contributed by atoms with Crippen LogP contribution in [0, 0.1) is 0 Å². The minimum absolute atomic E-state index is 0.610. The number of carboxylic acid groups (broad SMARTS) is 1. The Morgan fingerprint density at radius 2 is 2.00 bits per heavy atom. The van der Waals surface area contributed by atoms with Gasteiger partial charge in [0.1, 0.15) is 5.54 Å². The van der Waals surface area contributed by atoms with E-state index in [4.69, 9.17) is 0 Å². The summed E-state index contributed by atoms with van der Waals surface area (Å²) in [6.45, 7) is 4.17. The van der Waals surface area contributed by atoms with E-state index in [-0.39, 0.29) is 0 Å². The van der Waals surface area contributed by atoms with Gasteiger partial charge in [0.15, 0.2) is 0 Å². The summed E-state index contributed by atoms with van der Waals surface area (Å²) >= 11 is 3.32. The van der Waals surface area contributed by atoms with Crippen molar-refractivity contribution in [2.75, 3.05) is 6.54 Å². The molecule has 0 saturated heterocycles. The van der Waals surface area contributed by atoms with Crippen molar-refractivity contribution in [2.45, 2.75) is 19.4 Å². The van der Waals surface area contributed by atoms with Gasteiger partial charge in [-0.1, -0.05) is 35.0 Å². The molecule has 0 aromatic heterocycles. The maximum Gasteiger partial charge on any atom is 0.328 e. The first-order valence-corrected chi connectivity index (χ1v) is 5.54. The first-order valence-electron chi connectivity index (χ1n) is 4.75. The Morgan fingerprint density at radius 1 is 1.47 bits per heavy atom. The molecule has 0 radical (unpaired) electrons. The molecule has 0 aliphatic heterocycles. The van der Waals surface area contributed by atoms with Crippen LogP contribution in [0.5, 0.6) is 0 Å². The van der Waals surface area contributed by atoms with Crippen LogP contribution >= 0.6 is 15.9 Å². The topological polar surface area (TPSA) is 49.3 Å². The van der Waals surface area contributed by atoms with Crippen molar-refractivity contribution >= 4 is 21.9 Å². The minimum atomic E-state index is -1.02. The molecule has 0 unspecified atom stereocenters. The fraction of sp³-hybridized carbons (Fsp3) is 0.364. The molecule has 1 atom stereocenters. The second kappa shape index (κ2) is 4.77. The molecule has 1 aromatic carbocycles. The number of benzene rings is 1. The number of rotatable bonds is 4. The molecule has 3 nitrogen and oxygen atoms in total. The normalized spacial score (nSPS) is 14.6. The number of nitrogens with one attached hydrogen (secondary N) is 1. The molecule has 0 aliphatic carbocycles. The molecule has 1 rings (SSSR count). The highest BCUT2D eigenvalue weighted by Crippen LogP contribution is 2.22. The third-order valence-corrected chi connectivity index (χ3v) is 2.91. The summed E-state index contributed by atoms with van der Waals surface area (Å²) in [6, 6.07) is 7.30. The van der Waals surface area contributed by atoms with Crippen LogP contribution in [0.1, 0.15) is 19.4 Å². The maximum absolute atomic E-state index is 11.2. The SMILES string of the molecule is CCN[C@@](C)(C(=O)O)c1ccc(Br)cc1. The standard InChI is InChI=1S/C11H14BrNO2/c1-3-13-11(2,10(14)15)8-4-6-9(12)7-5-8/h4-7,13H,3H2,1-2H3,(H,14,15)/t11-/m1/s1. The first kappa shape index (κ1) is 12.2. The van der Waals surface area contributed by atoms with E-state index in [0.29, 0.717) is 6.54 Å². The van der Waals surface area contributed by atoms with Crippen molar-refractivity contribution in [1.29, 1.82) is 0 Å². The molecule has 0 heterocycles. The quantitative estimate of drug-likeness (QED) is 0.884. The highest BCUT2D eigenvalue weighted by atomic mass is 79.9. The molecular formula is C11H14BrNO2. The molecule has 4 heteroatoms. The minimum Gasteiger partial charge on any atom is -0.480 e. The zero-order valence-corrected chi connectivity index (χ0v) is 10.3. The molecule has 2 N–H and O–H groups in total. The molecular weight excluding hydrogens is 258 g/mol. The molecule has 82 valence electrons. The zero-order chi connectivity index (χ0) is 11.5. The van der Waals surface area contributed by atoms with Gasteiger partial charge in [0.2, 0.25) is 0 Å². The van der Waals surface area contributed by atoms with Crippen LogP contribution in [0.4, 0.5) is 0 Å². The van der Waals surface area contributed by atoms with Gasteiger partial charge in [-0.3, -0.25) is 5.32 Å². The van der Waals surface area contributed by atoms with Gasteiger partial charge in [-0.2, -0.15) is 0 Å². The average molecular weight is 272 g/mol. The lowest BCUT2D eigenvalue weighted by Crippen LogP contribution is -2.46. The molecule has 1 aromatic rings. The summed E-state index contributed by atoms with van der Waals surface area (Å²) in [6.07, 6.45) is 0. The first-order chi connectivity index (χ1) is 7.00. The smallest absolute Gasteiger partial charge is 0.328 e. The Kier molecular flexibility index (Phi) is 3.88. The number of carboxylic acids is 1. The van der Waals surface area contributed by atoms with Gasteiger partial charge < -0.3 is 5.11 Å². The number of hydrogen-bond donors (Lipinski definition) is 2. The van der Waals surface area contributed by atoms with E-state index in [2.05, 4.69) is 21.2 Å². The van der Waals surface area contributed by atoms with Crippen molar-refractivity contribution in [1.82, 2.24) is 5.32 Å². The summed E-state index contributed by atoms with van der Waals surface area (Å²) in [4.78, 5) is 11.2. The monoisotopic (exact) mass is 271 g/mol. The van der Waals surface area contributed by atoms with Crippen LogP contribution in [-0.2, 0) is 10.3 Å². The number of hydrogen-bond acceptors (Lipinski definition) is 2. The van der Waals surface area contributed by atoms with Gasteiger partial charge in [-0.05, 0) is 31.2 Å². The Labute approximate surface area is 97.6 Å². The van der Waals surface area contributed by atoms with E-state index in [1.165, 1.54) is 0 Å². The summed E-state index contributed by atoms with van der Waals surface area (Å²) in [5.41, 5.74) is -0.268. The van der Waals surface area contributed by atoms with E-state index in [1.807, 2.05) is 19.1 Å². The predicted molar refractivity (Wildman–Crippen MR) is 62.8 cm³/mol. The molecule has 0 bridgehead atoms. The Balaban J connectivity index is 3.09. The van der Waals surface area contributed by atoms with Crippen LogP contribution < -0.4 is 5.32 Å². The lowest BCUT2D eigenvalue weighted by atomic mass is 9.92. The van der Waals surface area contributed by atoms with Crippen molar-refractivity contribution in [3.63, 3.8) is 0 Å². The predicted octanol–water partition coefficient (Wildman–Crippen LogP) is 2.36. The number of halogens is 1. The number of likely N-dealkylation sites (N-methyl/N-ethyl adjacent to an activating group) is 1.